The molecule has 2 aromatic carbocycles. The van der Waals surface area contributed by atoms with Gasteiger partial charge in [0, 0.05) is 23.6 Å². The fraction of sp³-hybridized carbons (Fsp3) is 0.263. The van der Waals surface area contributed by atoms with Gasteiger partial charge in [-0.15, -0.1) is 4.40 Å². The maximum atomic E-state index is 12.3. The summed E-state index contributed by atoms with van der Waals surface area (Å²) in [6.07, 6.45) is 0.573. The first-order valence-corrected chi connectivity index (χ1v) is 10.3. The van der Waals surface area contributed by atoms with Crippen molar-refractivity contribution in [1.82, 2.24) is 0 Å². The van der Waals surface area contributed by atoms with Crippen molar-refractivity contribution in [3.8, 4) is 0 Å². The van der Waals surface area contributed by atoms with Gasteiger partial charge in [0.05, 0.1) is 5.69 Å². The van der Waals surface area contributed by atoms with E-state index in [9.17, 15) is 13.2 Å². The smallest absolute Gasteiger partial charge is 0.286 e. The van der Waals surface area contributed by atoms with Gasteiger partial charge < -0.3 is 10.6 Å². The largest absolute Gasteiger partial charge is 0.342 e. The molecule has 1 atom stereocenters. The molecule has 0 bridgehead atoms. The van der Waals surface area contributed by atoms with Gasteiger partial charge >= 0.3 is 0 Å². The van der Waals surface area contributed by atoms with Crippen LogP contribution < -0.4 is 10.6 Å². The molecule has 1 amide bonds. The molecule has 0 aromatic heterocycles. The molecule has 0 aliphatic carbocycles. The number of anilines is 2. The highest BCUT2D eigenvalue weighted by molar-refractivity contribution is 7.90. The molecule has 27 heavy (non-hydrogen) atoms. The van der Waals surface area contributed by atoms with E-state index in [-0.39, 0.29) is 23.1 Å². The van der Waals surface area contributed by atoms with Gasteiger partial charge in [0.2, 0.25) is 5.91 Å². The Hall–Kier alpha value is -2.38. The standard InChI is InChI=1S/C19H20ClN3O3S/c1-12(10-19(24)21-14-8-7-13(2)15(20)11-14)9-18-22-16-5-3-4-6-17(16)27(25,26)23-18/h3-8,11-12H,9-10H2,1-2H3,(H,21,24)(H,22,23)/t12-/m1/s1. The lowest BCUT2D eigenvalue weighted by Gasteiger charge is -2.20. The summed E-state index contributed by atoms with van der Waals surface area (Å²) in [7, 11) is -3.71. The van der Waals surface area contributed by atoms with Crippen molar-refractivity contribution in [3.63, 3.8) is 0 Å². The molecule has 0 spiro atoms. The number of nitrogens with one attached hydrogen (secondary N) is 2. The van der Waals surface area contributed by atoms with E-state index in [1.807, 2.05) is 19.9 Å². The Morgan fingerprint density at radius 1 is 1.26 bits per heavy atom. The number of nitrogens with zero attached hydrogens (tertiary/aromatic N) is 1. The van der Waals surface area contributed by atoms with Crippen LogP contribution in [-0.4, -0.2) is 20.2 Å². The second-order valence-corrected chi connectivity index (χ2v) is 8.64. The Labute approximate surface area is 163 Å². The second kappa shape index (κ2) is 7.70. The van der Waals surface area contributed by atoms with Gasteiger partial charge in [0.15, 0.2) is 0 Å². The van der Waals surface area contributed by atoms with Gasteiger partial charge in [-0.05, 0) is 42.7 Å². The summed E-state index contributed by atoms with van der Waals surface area (Å²) in [6, 6.07) is 12.0. The van der Waals surface area contributed by atoms with Crippen LogP contribution in [-0.2, 0) is 14.8 Å². The zero-order chi connectivity index (χ0) is 19.6. The minimum Gasteiger partial charge on any atom is -0.342 e. The quantitative estimate of drug-likeness (QED) is 0.779. The summed E-state index contributed by atoms with van der Waals surface area (Å²) in [4.78, 5) is 12.4. The van der Waals surface area contributed by atoms with E-state index < -0.39 is 10.0 Å². The van der Waals surface area contributed by atoms with Crippen LogP contribution in [0.25, 0.3) is 0 Å². The van der Waals surface area contributed by atoms with Crippen LogP contribution in [0, 0.1) is 12.8 Å². The number of fused-ring (bicyclic) bond motifs is 1. The number of rotatable bonds is 5. The van der Waals surface area contributed by atoms with Crippen LogP contribution in [0.1, 0.15) is 25.3 Å². The highest BCUT2D eigenvalue weighted by Gasteiger charge is 2.25. The minimum absolute atomic E-state index is 0.0994. The summed E-state index contributed by atoms with van der Waals surface area (Å²) in [5.41, 5.74) is 2.08. The molecule has 8 heteroatoms. The molecular weight excluding hydrogens is 386 g/mol. The third kappa shape index (κ3) is 4.67. The number of halogens is 1. The van der Waals surface area contributed by atoms with Crippen molar-refractivity contribution in [2.24, 2.45) is 10.3 Å². The number of benzene rings is 2. The van der Waals surface area contributed by atoms with Crippen LogP contribution in [0.2, 0.25) is 5.02 Å². The summed E-state index contributed by atoms with van der Waals surface area (Å²) in [5.74, 6) is 0.0760. The molecule has 0 saturated heterocycles. The Bertz CT molecular complexity index is 1020. The van der Waals surface area contributed by atoms with E-state index in [0.29, 0.717) is 28.7 Å². The van der Waals surface area contributed by atoms with Gasteiger partial charge in [0.25, 0.3) is 10.0 Å². The number of para-hydroxylation sites is 1. The first-order valence-electron chi connectivity index (χ1n) is 8.50. The molecule has 2 aromatic rings. The molecule has 0 unspecified atom stereocenters. The van der Waals surface area contributed by atoms with Crippen molar-refractivity contribution >= 4 is 44.7 Å². The molecule has 0 saturated carbocycles. The highest BCUT2D eigenvalue weighted by Crippen LogP contribution is 2.28. The Kier molecular flexibility index (Phi) is 5.53. The average molecular weight is 406 g/mol. The van der Waals surface area contributed by atoms with Crippen molar-refractivity contribution in [3.05, 3.63) is 53.1 Å². The number of amides is 1. The third-order valence-corrected chi connectivity index (χ3v) is 5.99. The van der Waals surface area contributed by atoms with Gasteiger partial charge in [-0.3, -0.25) is 4.79 Å². The predicted molar refractivity (Wildman–Crippen MR) is 108 cm³/mol. The monoisotopic (exact) mass is 405 g/mol. The van der Waals surface area contributed by atoms with Crippen LogP contribution >= 0.6 is 11.6 Å². The lowest BCUT2D eigenvalue weighted by molar-refractivity contribution is -0.116. The van der Waals surface area contributed by atoms with E-state index >= 15 is 0 Å². The van der Waals surface area contributed by atoms with Crippen molar-refractivity contribution in [1.29, 1.82) is 0 Å². The Morgan fingerprint density at radius 2 is 2.00 bits per heavy atom. The molecule has 1 aliphatic heterocycles. The first-order chi connectivity index (χ1) is 12.7. The predicted octanol–water partition coefficient (Wildman–Crippen LogP) is 4.22. The Balaban J connectivity index is 1.62. The fourth-order valence-electron chi connectivity index (χ4n) is 2.86. The highest BCUT2D eigenvalue weighted by atomic mass is 35.5. The lowest BCUT2D eigenvalue weighted by Crippen LogP contribution is -2.25. The number of amidine groups is 1. The zero-order valence-electron chi connectivity index (χ0n) is 15.0. The normalized spacial score (nSPS) is 15.9. The molecule has 1 heterocycles. The summed E-state index contributed by atoms with van der Waals surface area (Å²) in [6.45, 7) is 3.76. The number of aryl methyl sites for hydroxylation is 1. The van der Waals surface area contributed by atoms with E-state index in [1.165, 1.54) is 6.07 Å². The molecular formula is C19H20ClN3O3S. The molecule has 0 fully saturated rings. The van der Waals surface area contributed by atoms with E-state index in [1.54, 1.807) is 30.3 Å². The van der Waals surface area contributed by atoms with Gasteiger partial charge in [0.1, 0.15) is 10.7 Å². The fourth-order valence-corrected chi connectivity index (χ4v) is 4.19. The molecule has 3 rings (SSSR count). The third-order valence-electron chi connectivity index (χ3n) is 4.21. The second-order valence-electron chi connectivity index (χ2n) is 6.66. The SMILES string of the molecule is Cc1ccc(NC(=O)C[C@H](C)CC2=NS(=O)(=O)c3ccccc3N2)cc1Cl. The van der Waals surface area contributed by atoms with E-state index in [0.717, 1.165) is 5.56 Å². The van der Waals surface area contributed by atoms with Crippen LogP contribution in [0.4, 0.5) is 11.4 Å². The first kappa shape index (κ1) is 19.4. The number of sulfonamides is 1. The zero-order valence-corrected chi connectivity index (χ0v) is 16.6. The topological polar surface area (TPSA) is 87.6 Å². The van der Waals surface area contributed by atoms with E-state index in [4.69, 9.17) is 11.6 Å². The maximum Gasteiger partial charge on any atom is 0.286 e. The molecule has 1 aliphatic rings. The average Bonchev–Trinajstić information content (AvgIpc) is 2.57. The maximum absolute atomic E-state index is 12.3. The minimum atomic E-state index is -3.71. The van der Waals surface area contributed by atoms with Gasteiger partial charge in [-0.1, -0.05) is 36.7 Å². The molecule has 142 valence electrons. The summed E-state index contributed by atoms with van der Waals surface area (Å²) < 4.78 is 28.4. The lowest BCUT2D eigenvalue weighted by atomic mass is 10.0. The van der Waals surface area contributed by atoms with E-state index in [2.05, 4.69) is 15.0 Å². The van der Waals surface area contributed by atoms with Crippen LogP contribution in [0.15, 0.2) is 51.8 Å². The van der Waals surface area contributed by atoms with Crippen molar-refractivity contribution in [2.45, 2.75) is 31.6 Å². The molecule has 2 N–H and O–H groups in total. The molecule has 0 radical (unpaired) electrons. The van der Waals surface area contributed by atoms with Gasteiger partial charge in [-0.2, -0.15) is 8.42 Å². The van der Waals surface area contributed by atoms with Gasteiger partial charge in [-0.25, -0.2) is 0 Å². The number of hydrogen-bond donors (Lipinski definition) is 2. The number of carbonyl (C=O) groups is 1. The summed E-state index contributed by atoms with van der Waals surface area (Å²) >= 11 is 6.07. The Morgan fingerprint density at radius 3 is 2.74 bits per heavy atom. The van der Waals surface area contributed by atoms with Crippen LogP contribution in [0.5, 0.6) is 0 Å². The summed E-state index contributed by atoms with van der Waals surface area (Å²) in [5, 5.41) is 6.44. The number of hydrogen-bond acceptors (Lipinski definition) is 4. The molecule has 6 nitrogen and oxygen atoms in total. The van der Waals surface area contributed by atoms with Crippen LogP contribution in [0.3, 0.4) is 0 Å². The number of carbonyl (C=O) groups excluding carboxylic acids is 1. The van der Waals surface area contributed by atoms with Crippen molar-refractivity contribution in [2.75, 3.05) is 10.6 Å². The van der Waals surface area contributed by atoms with Crippen molar-refractivity contribution < 1.29 is 13.2 Å².